The minimum absolute atomic E-state index is 0.316. The molecule has 96 valence electrons. The van der Waals surface area contributed by atoms with Crippen LogP contribution in [-0.2, 0) is 9.59 Å². The van der Waals surface area contributed by atoms with Crippen LogP contribution in [-0.4, -0.2) is 22.2 Å². The summed E-state index contributed by atoms with van der Waals surface area (Å²) in [6, 6.07) is 0. The molecule has 16 heavy (non-hydrogen) atoms. The topological polar surface area (TPSA) is 74.6 Å². The largest absolute Gasteiger partial charge is 0.481 e. The van der Waals surface area contributed by atoms with E-state index in [4.69, 9.17) is 10.2 Å². The van der Waals surface area contributed by atoms with Crippen molar-refractivity contribution in [2.24, 2.45) is 0 Å². The lowest BCUT2D eigenvalue weighted by molar-refractivity contribution is -0.138. The Balaban J connectivity index is 0. The van der Waals surface area contributed by atoms with Gasteiger partial charge in [-0.25, -0.2) is 0 Å². The Bertz CT molecular complexity index is 178. The van der Waals surface area contributed by atoms with Crippen molar-refractivity contribution in [1.82, 2.24) is 0 Å². The minimum atomic E-state index is -0.693. The van der Waals surface area contributed by atoms with Gasteiger partial charge in [-0.05, 0) is 12.8 Å². The third-order valence-electron chi connectivity index (χ3n) is 1.99. The molecule has 0 aliphatic carbocycles. The van der Waals surface area contributed by atoms with Crippen LogP contribution in [0, 0.1) is 0 Å². The van der Waals surface area contributed by atoms with Crippen molar-refractivity contribution in [2.45, 2.75) is 65.2 Å². The summed E-state index contributed by atoms with van der Waals surface area (Å²) in [5.41, 5.74) is 0. The third-order valence-corrected chi connectivity index (χ3v) is 1.99. The molecule has 0 unspecified atom stereocenters. The highest BCUT2D eigenvalue weighted by Crippen LogP contribution is 2.01. The van der Waals surface area contributed by atoms with E-state index < -0.39 is 11.9 Å². The molecule has 0 aliphatic rings. The zero-order valence-electron chi connectivity index (χ0n) is 10.4. The fraction of sp³-hybridized carbons (Fsp3) is 0.833. The number of unbranched alkanes of at least 4 members (excludes halogenated alkanes) is 4. The zero-order chi connectivity index (χ0) is 12.8. The molecule has 0 fully saturated rings. The lowest BCUT2D eigenvalue weighted by Gasteiger charge is -1.92. The van der Waals surface area contributed by atoms with Crippen molar-refractivity contribution < 1.29 is 19.8 Å². The van der Waals surface area contributed by atoms with Crippen molar-refractivity contribution in [3.8, 4) is 0 Å². The molecule has 0 aromatic heterocycles. The van der Waals surface area contributed by atoms with Crippen molar-refractivity contribution in [3.05, 3.63) is 0 Å². The quantitative estimate of drug-likeness (QED) is 0.630. The molecule has 0 radical (unpaired) electrons. The van der Waals surface area contributed by atoms with Crippen LogP contribution in [0.2, 0.25) is 0 Å². The number of rotatable bonds is 8. The molecule has 0 atom stereocenters. The van der Waals surface area contributed by atoms with Crippen LogP contribution in [0.15, 0.2) is 0 Å². The van der Waals surface area contributed by atoms with Gasteiger partial charge < -0.3 is 10.2 Å². The Kier molecular flexibility index (Phi) is 15.1. The maximum absolute atomic E-state index is 9.96. The van der Waals surface area contributed by atoms with E-state index in [1.807, 2.05) is 6.92 Å². The molecule has 0 aromatic carbocycles. The standard InChI is InChI=1S/C7H14O2.C5H10O2/c1-2-3-4-5-6-7(8)9;1-2-3-4-5(6)7/h2-6H2,1H3,(H,8,9);2-4H2,1H3,(H,6,7). The Morgan fingerprint density at radius 1 is 0.750 bits per heavy atom. The summed E-state index contributed by atoms with van der Waals surface area (Å²) in [4.78, 5) is 19.7. The SMILES string of the molecule is CCCCC(=O)O.CCCCCCC(=O)O. The fourth-order valence-corrected chi connectivity index (χ4v) is 1.03. The van der Waals surface area contributed by atoms with Gasteiger partial charge in [0.15, 0.2) is 0 Å². The second-order valence-corrected chi connectivity index (χ2v) is 3.70. The van der Waals surface area contributed by atoms with Gasteiger partial charge in [0.25, 0.3) is 0 Å². The van der Waals surface area contributed by atoms with Crippen LogP contribution in [0.3, 0.4) is 0 Å². The van der Waals surface area contributed by atoms with Gasteiger partial charge in [0, 0.05) is 12.8 Å². The third kappa shape index (κ3) is 23.1. The second-order valence-electron chi connectivity index (χ2n) is 3.70. The Hall–Kier alpha value is -1.06. The molecular weight excluding hydrogens is 208 g/mol. The number of carbonyl (C=O) groups is 2. The number of carboxylic acid groups (broad SMARTS) is 2. The highest BCUT2D eigenvalue weighted by atomic mass is 16.4. The van der Waals surface area contributed by atoms with Crippen molar-refractivity contribution in [1.29, 1.82) is 0 Å². The van der Waals surface area contributed by atoms with Crippen LogP contribution in [0.25, 0.3) is 0 Å². The van der Waals surface area contributed by atoms with E-state index in [9.17, 15) is 9.59 Å². The van der Waals surface area contributed by atoms with E-state index in [0.29, 0.717) is 12.8 Å². The zero-order valence-corrected chi connectivity index (χ0v) is 10.4. The summed E-state index contributed by atoms with van der Waals surface area (Å²) in [5.74, 6) is -1.37. The fourth-order valence-electron chi connectivity index (χ4n) is 1.03. The maximum Gasteiger partial charge on any atom is 0.303 e. The summed E-state index contributed by atoms with van der Waals surface area (Å²) >= 11 is 0. The van der Waals surface area contributed by atoms with Gasteiger partial charge in [-0.2, -0.15) is 0 Å². The highest BCUT2D eigenvalue weighted by molar-refractivity contribution is 5.66. The summed E-state index contributed by atoms with van der Waals surface area (Å²) in [6.07, 6.45) is 6.64. The lowest BCUT2D eigenvalue weighted by Crippen LogP contribution is -1.92. The predicted octanol–water partition coefficient (Wildman–Crippen LogP) is 3.30. The van der Waals surface area contributed by atoms with E-state index >= 15 is 0 Å². The molecule has 0 aromatic rings. The van der Waals surface area contributed by atoms with E-state index in [-0.39, 0.29) is 0 Å². The van der Waals surface area contributed by atoms with E-state index in [1.165, 1.54) is 6.42 Å². The van der Waals surface area contributed by atoms with Gasteiger partial charge in [-0.15, -0.1) is 0 Å². The van der Waals surface area contributed by atoms with Crippen LogP contribution in [0.4, 0.5) is 0 Å². The summed E-state index contributed by atoms with van der Waals surface area (Å²) in [7, 11) is 0. The van der Waals surface area contributed by atoms with Crippen LogP contribution in [0.1, 0.15) is 65.2 Å². The molecule has 0 saturated heterocycles. The lowest BCUT2D eigenvalue weighted by atomic mass is 10.2. The smallest absolute Gasteiger partial charge is 0.303 e. The van der Waals surface area contributed by atoms with E-state index in [2.05, 4.69) is 6.92 Å². The molecule has 0 rings (SSSR count). The van der Waals surface area contributed by atoms with Gasteiger partial charge in [-0.1, -0.05) is 39.5 Å². The van der Waals surface area contributed by atoms with Crippen LogP contribution < -0.4 is 0 Å². The highest BCUT2D eigenvalue weighted by Gasteiger charge is 1.94. The molecule has 0 aliphatic heterocycles. The summed E-state index contributed by atoms with van der Waals surface area (Å²) < 4.78 is 0. The molecule has 4 heteroatoms. The van der Waals surface area contributed by atoms with Gasteiger partial charge in [0.1, 0.15) is 0 Å². The first-order chi connectivity index (χ1) is 7.54. The van der Waals surface area contributed by atoms with Crippen LogP contribution in [0.5, 0.6) is 0 Å². The van der Waals surface area contributed by atoms with Gasteiger partial charge in [0.2, 0.25) is 0 Å². The van der Waals surface area contributed by atoms with E-state index in [1.54, 1.807) is 0 Å². The maximum atomic E-state index is 9.96. The average molecular weight is 232 g/mol. The van der Waals surface area contributed by atoms with Gasteiger partial charge >= 0.3 is 11.9 Å². The average Bonchev–Trinajstić information content (AvgIpc) is 2.22. The summed E-state index contributed by atoms with van der Waals surface area (Å²) in [5, 5.41) is 16.3. The first-order valence-corrected chi connectivity index (χ1v) is 5.98. The monoisotopic (exact) mass is 232 g/mol. The first-order valence-electron chi connectivity index (χ1n) is 5.98. The predicted molar refractivity (Wildman–Crippen MR) is 63.6 cm³/mol. The molecule has 4 nitrogen and oxygen atoms in total. The molecule has 0 saturated carbocycles. The Morgan fingerprint density at radius 3 is 1.50 bits per heavy atom. The molecule has 2 N–H and O–H groups in total. The molecule has 0 bridgehead atoms. The molecule has 0 amide bonds. The molecular formula is C12H24O4. The first kappa shape index (κ1) is 17.3. The van der Waals surface area contributed by atoms with Gasteiger partial charge in [0.05, 0.1) is 0 Å². The normalized spacial score (nSPS) is 9.12. The number of carboxylic acids is 2. The molecule has 0 spiro atoms. The number of aliphatic carboxylic acids is 2. The minimum Gasteiger partial charge on any atom is -0.481 e. The van der Waals surface area contributed by atoms with Crippen molar-refractivity contribution >= 4 is 11.9 Å². The summed E-state index contributed by atoms with van der Waals surface area (Å²) in [6.45, 7) is 4.09. The van der Waals surface area contributed by atoms with Gasteiger partial charge in [-0.3, -0.25) is 9.59 Å². The van der Waals surface area contributed by atoms with E-state index in [0.717, 1.165) is 32.1 Å². The molecule has 0 heterocycles. The Labute approximate surface area is 97.7 Å². The number of hydrogen-bond donors (Lipinski definition) is 2. The van der Waals surface area contributed by atoms with Crippen molar-refractivity contribution in [3.63, 3.8) is 0 Å². The second kappa shape index (κ2) is 13.9. The number of hydrogen-bond acceptors (Lipinski definition) is 2. The Morgan fingerprint density at radius 2 is 1.19 bits per heavy atom. The van der Waals surface area contributed by atoms with Crippen LogP contribution >= 0.6 is 0 Å². The van der Waals surface area contributed by atoms with Crippen molar-refractivity contribution in [2.75, 3.05) is 0 Å².